The molecule has 6 nitrogen and oxygen atoms in total. The van der Waals surface area contributed by atoms with Crippen LogP contribution in [0.1, 0.15) is 27.2 Å². The normalized spacial score (nSPS) is 11.2. The van der Waals surface area contributed by atoms with E-state index in [0.29, 0.717) is 11.3 Å². The third kappa shape index (κ3) is 3.57. The minimum Gasteiger partial charge on any atom is -0.507 e. The number of amides is 1. The average Bonchev–Trinajstić information content (AvgIpc) is 3.02. The number of halogens is 1. The summed E-state index contributed by atoms with van der Waals surface area (Å²) < 4.78 is 11.7. The molecule has 0 aliphatic rings. The summed E-state index contributed by atoms with van der Waals surface area (Å²) >= 11 is 3.39. The van der Waals surface area contributed by atoms with Crippen LogP contribution in [0.15, 0.2) is 44.3 Å². The van der Waals surface area contributed by atoms with Gasteiger partial charge in [0.15, 0.2) is 17.1 Å². The summed E-state index contributed by atoms with van der Waals surface area (Å²) in [6, 6.07) is 8.79. The largest absolute Gasteiger partial charge is 0.507 e. The van der Waals surface area contributed by atoms with Gasteiger partial charge in [-0.1, -0.05) is 15.9 Å². The lowest BCUT2D eigenvalue weighted by Crippen LogP contribution is -2.16. The molecule has 3 rings (SSSR count). The highest BCUT2D eigenvalue weighted by molar-refractivity contribution is 9.10. The molecule has 26 heavy (non-hydrogen) atoms. The number of fused-ring (bicyclic) bond motifs is 1. The summed E-state index contributed by atoms with van der Waals surface area (Å²) in [5.41, 5.74) is 5.19. The highest BCUT2D eigenvalue weighted by Gasteiger charge is 2.15. The zero-order valence-corrected chi connectivity index (χ0v) is 16.0. The van der Waals surface area contributed by atoms with E-state index < -0.39 is 5.91 Å². The second-order valence-electron chi connectivity index (χ2n) is 5.84. The number of carbonyl (C=O) groups excluding carboxylic acids is 1. The van der Waals surface area contributed by atoms with Crippen molar-refractivity contribution in [3.63, 3.8) is 0 Å². The van der Waals surface area contributed by atoms with Gasteiger partial charge >= 0.3 is 5.91 Å². The Hall–Kier alpha value is -2.80. The van der Waals surface area contributed by atoms with Gasteiger partial charge < -0.3 is 14.3 Å². The average molecular weight is 417 g/mol. The molecule has 2 N–H and O–H groups in total. The van der Waals surface area contributed by atoms with Crippen LogP contribution >= 0.6 is 15.9 Å². The molecule has 1 amide bonds. The molecule has 0 bridgehead atoms. The number of phenolic OH excluding ortho intramolecular Hbond substituents is 1. The molecule has 1 aromatic heterocycles. The number of aryl methyl sites for hydroxylation is 2. The van der Waals surface area contributed by atoms with Gasteiger partial charge in [0.2, 0.25) is 0 Å². The van der Waals surface area contributed by atoms with E-state index in [2.05, 4.69) is 26.5 Å². The Labute approximate surface area is 158 Å². The maximum atomic E-state index is 12.3. The standard InChI is InChI=1S/C19H17BrN2O4/c1-10-4-12(5-11(2)17(10)23)9-21-22-19(24)16-7-13-6-14(20)8-15(25-3)18(13)26-16/h4-9,23H,1-3H3,(H,22,24). The molecular weight excluding hydrogens is 400 g/mol. The van der Waals surface area contributed by atoms with Gasteiger partial charge in [-0.05, 0) is 60.9 Å². The quantitative estimate of drug-likeness (QED) is 0.490. The molecule has 0 saturated carbocycles. The number of furan rings is 1. The number of nitrogens with zero attached hydrogens (tertiary/aromatic N) is 1. The molecule has 1 heterocycles. The maximum absolute atomic E-state index is 12.3. The highest BCUT2D eigenvalue weighted by atomic mass is 79.9. The summed E-state index contributed by atoms with van der Waals surface area (Å²) in [5, 5.41) is 14.5. The Balaban J connectivity index is 1.79. The maximum Gasteiger partial charge on any atom is 0.307 e. The summed E-state index contributed by atoms with van der Waals surface area (Å²) in [4.78, 5) is 12.3. The van der Waals surface area contributed by atoms with Gasteiger partial charge in [-0.3, -0.25) is 4.79 Å². The fourth-order valence-corrected chi connectivity index (χ4v) is 3.09. The van der Waals surface area contributed by atoms with Crippen LogP contribution in [0.25, 0.3) is 11.0 Å². The molecule has 7 heteroatoms. The van der Waals surface area contributed by atoms with Crippen LogP contribution < -0.4 is 10.2 Å². The van der Waals surface area contributed by atoms with Crippen LogP contribution in [0, 0.1) is 13.8 Å². The lowest BCUT2D eigenvalue weighted by Gasteiger charge is -2.04. The Morgan fingerprint density at radius 1 is 1.23 bits per heavy atom. The number of hydrogen-bond donors (Lipinski definition) is 2. The van der Waals surface area contributed by atoms with E-state index in [1.165, 1.54) is 13.3 Å². The van der Waals surface area contributed by atoms with E-state index in [1.807, 2.05) is 6.07 Å². The van der Waals surface area contributed by atoms with Crippen molar-refractivity contribution in [3.05, 3.63) is 57.3 Å². The summed E-state index contributed by atoms with van der Waals surface area (Å²) in [6.07, 6.45) is 1.51. The predicted molar refractivity (Wildman–Crippen MR) is 103 cm³/mol. The molecule has 0 saturated heterocycles. The Kier molecular flexibility index (Phi) is 4.99. The lowest BCUT2D eigenvalue weighted by atomic mass is 10.1. The van der Waals surface area contributed by atoms with Crippen LogP contribution in [-0.4, -0.2) is 24.3 Å². The number of nitrogens with one attached hydrogen (secondary N) is 1. The lowest BCUT2D eigenvalue weighted by molar-refractivity contribution is 0.0929. The minimum atomic E-state index is -0.470. The predicted octanol–water partition coefficient (Wildman–Crippen LogP) is 4.29. The highest BCUT2D eigenvalue weighted by Crippen LogP contribution is 2.32. The zero-order valence-electron chi connectivity index (χ0n) is 14.5. The number of rotatable bonds is 4. The molecular formula is C19H17BrN2O4. The third-order valence-corrected chi connectivity index (χ3v) is 4.34. The van der Waals surface area contributed by atoms with Crippen LogP contribution in [0.2, 0.25) is 0 Å². The van der Waals surface area contributed by atoms with E-state index in [1.54, 1.807) is 38.1 Å². The molecule has 3 aromatic rings. The van der Waals surface area contributed by atoms with E-state index in [-0.39, 0.29) is 11.5 Å². The van der Waals surface area contributed by atoms with E-state index >= 15 is 0 Å². The van der Waals surface area contributed by atoms with Crippen molar-refractivity contribution in [1.82, 2.24) is 5.43 Å². The zero-order chi connectivity index (χ0) is 18.8. The van der Waals surface area contributed by atoms with Gasteiger partial charge in [0, 0.05) is 9.86 Å². The minimum absolute atomic E-state index is 0.131. The smallest absolute Gasteiger partial charge is 0.307 e. The number of hydrogen-bond acceptors (Lipinski definition) is 5. The van der Waals surface area contributed by atoms with Crippen molar-refractivity contribution in [1.29, 1.82) is 0 Å². The van der Waals surface area contributed by atoms with Crippen molar-refractivity contribution >= 4 is 39.0 Å². The molecule has 0 fully saturated rings. The number of phenols is 1. The molecule has 0 spiro atoms. The van der Waals surface area contributed by atoms with Crippen LogP contribution in [0.4, 0.5) is 0 Å². The van der Waals surface area contributed by atoms with Gasteiger partial charge in [-0.2, -0.15) is 5.10 Å². The van der Waals surface area contributed by atoms with Gasteiger partial charge in [-0.15, -0.1) is 0 Å². The van der Waals surface area contributed by atoms with E-state index in [9.17, 15) is 9.90 Å². The molecule has 134 valence electrons. The topological polar surface area (TPSA) is 84.1 Å². The number of hydrazone groups is 1. The Bertz CT molecular complexity index is 1000. The van der Waals surface area contributed by atoms with Gasteiger partial charge in [-0.25, -0.2) is 5.43 Å². The van der Waals surface area contributed by atoms with Crippen LogP contribution in [0.3, 0.4) is 0 Å². The third-order valence-electron chi connectivity index (χ3n) is 3.88. The Morgan fingerprint density at radius 3 is 2.58 bits per heavy atom. The van der Waals surface area contributed by atoms with Crippen molar-refractivity contribution < 1.29 is 19.1 Å². The molecule has 0 aliphatic carbocycles. The first-order valence-corrected chi connectivity index (χ1v) is 8.59. The number of methoxy groups -OCH3 is 1. The molecule has 0 atom stereocenters. The monoisotopic (exact) mass is 416 g/mol. The number of aromatic hydroxyl groups is 1. The summed E-state index contributed by atoms with van der Waals surface area (Å²) in [6.45, 7) is 3.61. The Morgan fingerprint density at radius 2 is 1.92 bits per heavy atom. The summed E-state index contributed by atoms with van der Waals surface area (Å²) in [5.74, 6) is 0.454. The fraction of sp³-hybridized carbons (Fsp3) is 0.158. The molecule has 0 aliphatic heterocycles. The van der Waals surface area contributed by atoms with E-state index in [0.717, 1.165) is 26.5 Å². The van der Waals surface area contributed by atoms with Gasteiger partial charge in [0.25, 0.3) is 0 Å². The van der Waals surface area contributed by atoms with Crippen molar-refractivity contribution in [2.75, 3.05) is 7.11 Å². The van der Waals surface area contributed by atoms with Crippen molar-refractivity contribution in [2.45, 2.75) is 13.8 Å². The number of benzene rings is 2. The van der Waals surface area contributed by atoms with E-state index in [4.69, 9.17) is 9.15 Å². The first-order chi connectivity index (χ1) is 12.4. The van der Waals surface area contributed by atoms with Crippen molar-refractivity contribution in [3.8, 4) is 11.5 Å². The number of ether oxygens (including phenoxy) is 1. The fourth-order valence-electron chi connectivity index (χ4n) is 2.63. The molecule has 0 radical (unpaired) electrons. The van der Waals surface area contributed by atoms with Gasteiger partial charge in [0.05, 0.1) is 13.3 Å². The van der Waals surface area contributed by atoms with Gasteiger partial charge in [0.1, 0.15) is 5.75 Å². The second kappa shape index (κ2) is 7.21. The summed E-state index contributed by atoms with van der Waals surface area (Å²) in [7, 11) is 1.54. The number of carbonyl (C=O) groups is 1. The first kappa shape index (κ1) is 18.0. The first-order valence-electron chi connectivity index (χ1n) is 7.79. The molecule has 2 aromatic carbocycles. The SMILES string of the molecule is COc1cc(Br)cc2cc(C(=O)NN=Cc3cc(C)c(O)c(C)c3)oc12. The van der Waals surface area contributed by atoms with Crippen LogP contribution in [0.5, 0.6) is 11.5 Å². The second-order valence-corrected chi connectivity index (χ2v) is 6.76. The van der Waals surface area contributed by atoms with Crippen molar-refractivity contribution in [2.24, 2.45) is 5.10 Å². The van der Waals surface area contributed by atoms with Crippen LogP contribution in [-0.2, 0) is 0 Å². The molecule has 0 unspecified atom stereocenters.